The second-order valence-electron chi connectivity index (χ2n) is 8.52. The Morgan fingerprint density at radius 2 is 1.93 bits per heavy atom. The molecule has 0 amide bonds. The Morgan fingerprint density at radius 3 is 2.63 bits per heavy atom. The summed E-state index contributed by atoms with van der Waals surface area (Å²) in [5, 5.41) is 8.80. The number of rotatable bonds is 6. The third-order valence-electron chi connectivity index (χ3n) is 6.40. The van der Waals surface area contributed by atoms with E-state index < -0.39 is 0 Å². The lowest BCUT2D eigenvalue weighted by Gasteiger charge is -2.40. The van der Waals surface area contributed by atoms with Crippen molar-refractivity contribution in [2.75, 3.05) is 6.54 Å². The van der Waals surface area contributed by atoms with Crippen molar-refractivity contribution in [1.82, 2.24) is 19.7 Å². The second kappa shape index (κ2) is 7.72. The molecule has 0 spiro atoms. The fourth-order valence-corrected chi connectivity index (χ4v) is 5.08. The van der Waals surface area contributed by atoms with E-state index in [2.05, 4.69) is 40.4 Å². The average molecular weight is 370 g/mol. The highest BCUT2D eigenvalue weighted by atomic mass is 15.3. The molecule has 0 saturated carbocycles. The molecule has 27 heavy (non-hydrogen) atoms. The van der Waals surface area contributed by atoms with Gasteiger partial charge in [0, 0.05) is 36.6 Å². The summed E-state index contributed by atoms with van der Waals surface area (Å²) in [6.45, 7) is 7.42. The van der Waals surface area contributed by atoms with Crippen LogP contribution in [0.1, 0.15) is 83.9 Å². The monoisotopic (exact) mass is 369 g/mol. The SMILES string of the molecule is [2H]c1cccc(C(N)CCN2C3CCC2CC(n2c(C)nnc2C(C)C)C3)c1[2H]. The maximum absolute atomic E-state index is 8.13. The number of hydrogen-bond donors (Lipinski definition) is 1. The third kappa shape index (κ3) is 3.67. The zero-order valence-electron chi connectivity index (χ0n) is 18.7. The van der Waals surface area contributed by atoms with Crippen molar-refractivity contribution in [1.29, 1.82) is 0 Å². The molecule has 2 aliphatic rings. The fraction of sp³-hybridized carbons (Fsp3) is 0.636. The van der Waals surface area contributed by atoms with Gasteiger partial charge in [-0.2, -0.15) is 0 Å². The number of nitrogens with zero attached hydrogens (tertiary/aromatic N) is 4. The molecule has 2 saturated heterocycles. The van der Waals surface area contributed by atoms with Crippen LogP contribution in [0.2, 0.25) is 0 Å². The summed E-state index contributed by atoms with van der Waals surface area (Å²) in [4.78, 5) is 2.65. The van der Waals surface area contributed by atoms with Gasteiger partial charge in [0.2, 0.25) is 0 Å². The summed E-state index contributed by atoms with van der Waals surface area (Å²) in [6, 6.07) is 7.39. The minimum absolute atomic E-state index is 0.183. The summed E-state index contributed by atoms with van der Waals surface area (Å²) in [5.74, 6) is 2.53. The van der Waals surface area contributed by atoms with Crippen molar-refractivity contribution >= 4 is 0 Å². The summed E-state index contributed by atoms with van der Waals surface area (Å²) in [7, 11) is 0. The highest BCUT2D eigenvalue weighted by molar-refractivity contribution is 5.18. The number of piperidine rings is 1. The Bertz CT molecular complexity index is 851. The van der Waals surface area contributed by atoms with Gasteiger partial charge in [0.15, 0.2) is 0 Å². The van der Waals surface area contributed by atoms with E-state index in [1.807, 2.05) is 12.1 Å². The van der Waals surface area contributed by atoms with Crippen LogP contribution in [-0.4, -0.2) is 38.3 Å². The van der Waals surface area contributed by atoms with E-state index >= 15 is 0 Å². The molecule has 4 rings (SSSR count). The molecule has 2 bridgehead atoms. The molecule has 2 fully saturated rings. The van der Waals surface area contributed by atoms with Crippen LogP contribution in [-0.2, 0) is 0 Å². The Kier molecular flexibility index (Phi) is 4.65. The van der Waals surface area contributed by atoms with Gasteiger partial charge in [-0.3, -0.25) is 4.90 Å². The largest absolute Gasteiger partial charge is 0.324 e. The van der Waals surface area contributed by atoms with Gasteiger partial charge in [-0.1, -0.05) is 44.1 Å². The maximum Gasteiger partial charge on any atom is 0.135 e. The molecular formula is C22H33N5. The molecule has 0 radical (unpaired) electrons. The van der Waals surface area contributed by atoms with E-state index in [-0.39, 0.29) is 18.1 Å². The van der Waals surface area contributed by atoms with Gasteiger partial charge < -0.3 is 10.3 Å². The van der Waals surface area contributed by atoms with Crippen molar-refractivity contribution in [3.05, 3.63) is 47.5 Å². The number of hydrogen-bond acceptors (Lipinski definition) is 4. The van der Waals surface area contributed by atoms with Crippen LogP contribution in [0, 0.1) is 6.92 Å². The first-order valence-electron chi connectivity index (χ1n) is 11.4. The molecule has 1 aromatic carbocycles. The summed E-state index contributed by atoms with van der Waals surface area (Å²) >= 11 is 0. The van der Waals surface area contributed by atoms with Crippen LogP contribution in [0.5, 0.6) is 0 Å². The van der Waals surface area contributed by atoms with Crippen molar-refractivity contribution in [3.8, 4) is 0 Å². The molecule has 3 heterocycles. The molecule has 3 unspecified atom stereocenters. The van der Waals surface area contributed by atoms with Gasteiger partial charge in [-0.25, -0.2) is 0 Å². The first-order valence-corrected chi connectivity index (χ1v) is 10.4. The molecular weight excluding hydrogens is 334 g/mol. The maximum atomic E-state index is 8.13. The predicted molar refractivity (Wildman–Crippen MR) is 109 cm³/mol. The molecule has 2 aromatic rings. The van der Waals surface area contributed by atoms with E-state index in [9.17, 15) is 0 Å². The van der Waals surface area contributed by atoms with Gasteiger partial charge in [0.25, 0.3) is 0 Å². The molecule has 0 aliphatic carbocycles. The summed E-state index contributed by atoms with van der Waals surface area (Å²) < 4.78 is 18.4. The Labute approximate surface area is 165 Å². The van der Waals surface area contributed by atoms with Gasteiger partial charge in [-0.05, 0) is 44.6 Å². The normalized spacial score (nSPS) is 27.7. The van der Waals surface area contributed by atoms with Gasteiger partial charge in [-0.15, -0.1) is 10.2 Å². The van der Waals surface area contributed by atoms with E-state index in [4.69, 9.17) is 8.48 Å². The quantitative estimate of drug-likeness (QED) is 0.837. The van der Waals surface area contributed by atoms with Crippen molar-refractivity contribution in [2.45, 2.75) is 83.0 Å². The zero-order valence-corrected chi connectivity index (χ0v) is 16.7. The topological polar surface area (TPSA) is 60.0 Å². The van der Waals surface area contributed by atoms with Crippen molar-refractivity contribution in [3.63, 3.8) is 0 Å². The lowest BCUT2D eigenvalue weighted by Crippen LogP contribution is -2.44. The lowest BCUT2D eigenvalue weighted by molar-refractivity contribution is 0.101. The Balaban J connectivity index is 1.43. The lowest BCUT2D eigenvalue weighted by atomic mass is 9.95. The number of aromatic nitrogens is 3. The summed E-state index contributed by atoms with van der Waals surface area (Å²) in [5.41, 5.74) is 7.21. The number of aryl methyl sites for hydroxylation is 1. The van der Waals surface area contributed by atoms with E-state index in [0.29, 0.717) is 24.0 Å². The van der Waals surface area contributed by atoms with Crippen LogP contribution in [0.3, 0.4) is 0 Å². The second-order valence-corrected chi connectivity index (χ2v) is 8.52. The average Bonchev–Trinajstić information content (AvgIpc) is 3.18. The summed E-state index contributed by atoms with van der Waals surface area (Å²) in [6.07, 6.45) is 5.63. The number of fused-ring (bicyclic) bond motifs is 2. The molecule has 3 atom stereocenters. The first kappa shape index (κ1) is 16.3. The first-order chi connectivity index (χ1) is 13.9. The van der Waals surface area contributed by atoms with Crippen LogP contribution in [0.25, 0.3) is 0 Å². The minimum atomic E-state index is -0.183. The van der Waals surface area contributed by atoms with Gasteiger partial charge >= 0.3 is 0 Å². The fourth-order valence-electron chi connectivity index (χ4n) is 5.08. The Hall–Kier alpha value is -1.72. The van der Waals surface area contributed by atoms with Crippen molar-refractivity contribution in [2.24, 2.45) is 5.73 Å². The third-order valence-corrected chi connectivity index (χ3v) is 6.40. The molecule has 1 aromatic heterocycles. The molecule has 2 N–H and O–H groups in total. The Morgan fingerprint density at radius 1 is 1.19 bits per heavy atom. The highest BCUT2D eigenvalue weighted by Gasteiger charge is 2.42. The highest BCUT2D eigenvalue weighted by Crippen LogP contribution is 2.42. The van der Waals surface area contributed by atoms with Gasteiger partial charge in [0.05, 0.1) is 2.74 Å². The number of benzene rings is 1. The smallest absolute Gasteiger partial charge is 0.135 e. The van der Waals surface area contributed by atoms with E-state index in [1.165, 1.54) is 12.8 Å². The van der Waals surface area contributed by atoms with Crippen LogP contribution in [0.15, 0.2) is 30.3 Å². The van der Waals surface area contributed by atoms with E-state index in [0.717, 1.165) is 43.0 Å². The van der Waals surface area contributed by atoms with Crippen LogP contribution >= 0.6 is 0 Å². The number of nitrogens with two attached hydrogens (primary N) is 1. The standard InChI is InChI=1S/C22H33N5/c1-15(2)22-25-24-16(3)27(22)20-13-18-9-10-19(14-20)26(18)12-11-21(23)17-7-5-4-6-8-17/h4-8,15,18-21H,9-14,23H2,1-3H3/i5D,7D. The molecule has 146 valence electrons. The minimum Gasteiger partial charge on any atom is -0.324 e. The molecule has 2 aliphatic heterocycles. The molecule has 5 heteroatoms. The molecule has 5 nitrogen and oxygen atoms in total. The van der Waals surface area contributed by atoms with Crippen LogP contribution in [0.4, 0.5) is 0 Å². The van der Waals surface area contributed by atoms with Crippen molar-refractivity contribution < 1.29 is 2.74 Å². The van der Waals surface area contributed by atoms with E-state index in [1.54, 1.807) is 6.07 Å². The zero-order chi connectivity index (χ0) is 20.7. The van der Waals surface area contributed by atoms with Gasteiger partial charge in [0.1, 0.15) is 11.6 Å². The predicted octanol–water partition coefficient (Wildman–Crippen LogP) is 3.97. The van der Waals surface area contributed by atoms with Crippen LogP contribution < -0.4 is 5.73 Å².